The Bertz CT molecular complexity index is 825. The minimum Gasteiger partial charge on any atom is -0.474 e. The van der Waals surface area contributed by atoms with Crippen LogP contribution in [-0.2, 0) is 0 Å². The molecule has 2 aromatic rings. The molecule has 1 atom stereocenters. The van der Waals surface area contributed by atoms with E-state index < -0.39 is 6.10 Å². The SMILES string of the molecule is C/C=C(\N=C(C)SC(C)(C)C)C(O)COc1ccc(-c2ccc(F)cc2)cn1. The zero-order chi connectivity index (χ0) is 20.7. The standard InChI is InChI=1S/C22H27FN2O2S/c1-6-19(25-15(2)28-22(3,4)5)20(26)14-27-21-12-9-17(13-24-21)16-7-10-18(23)11-8-16/h6-13,20,26H,14H2,1-5H3/b19-6-,25-15?. The van der Waals surface area contributed by atoms with Gasteiger partial charge in [-0.15, -0.1) is 11.8 Å². The van der Waals surface area contributed by atoms with Gasteiger partial charge in [0, 0.05) is 22.6 Å². The molecule has 0 amide bonds. The molecular weight excluding hydrogens is 375 g/mol. The van der Waals surface area contributed by atoms with Gasteiger partial charge in [-0.25, -0.2) is 14.4 Å². The number of aliphatic imine (C=N–C) groups is 1. The first-order valence-corrected chi connectivity index (χ1v) is 9.93. The molecule has 0 aliphatic carbocycles. The molecule has 6 heteroatoms. The van der Waals surface area contributed by atoms with Gasteiger partial charge in [-0.05, 0) is 37.6 Å². The first-order valence-electron chi connectivity index (χ1n) is 9.11. The molecule has 0 radical (unpaired) electrons. The van der Waals surface area contributed by atoms with Crippen LogP contribution >= 0.6 is 11.8 Å². The van der Waals surface area contributed by atoms with E-state index in [1.165, 1.54) is 12.1 Å². The average Bonchev–Trinajstić information content (AvgIpc) is 2.64. The average molecular weight is 403 g/mol. The number of allylic oxidation sites excluding steroid dienone is 1. The maximum absolute atomic E-state index is 13.0. The van der Waals surface area contributed by atoms with E-state index in [0.717, 1.165) is 16.2 Å². The largest absolute Gasteiger partial charge is 0.474 e. The summed E-state index contributed by atoms with van der Waals surface area (Å²) in [5.74, 6) is 0.134. The Morgan fingerprint density at radius 3 is 2.39 bits per heavy atom. The summed E-state index contributed by atoms with van der Waals surface area (Å²) in [4.78, 5) is 8.77. The van der Waals surface area contributed by atoms with Gasteiger partial charge in [0.2, 0.25) is 5.88 Å². The van der Waals surface area contributed by atoms with Gasteiger partial charge in [-0.3, -0.25) is 0 Å². The number of aromatic nitrogens is 1. The fourth-order valence-electron chi connectivity index (χ4n) is 2.51. The van der Waals surface area contributed by atoms with E-state index in [1.54, 1.807) is 42.2 Å². The van der Waals surface area contributed by atoms with Crippen LogP contribution in [0.15, 0.2) is 59.4 Å². The van der Waals surface area contributed by atoms with Gasteiger partial charge in [-0.1, -0.05) is 39.0 Å². The van der Waals surface area contributed by atoms with E-state index in [2.05, 4.69) is 30.7 Å². The van der Waals surface area contributed by atoms with Gasteiger partial charge >= 0.3 is 0 Å². The van der Waals surface area contributed by atoms with Crippen LogP contribution in [0.3, 0.4) is 0 Å². The minimum absolute atomic E-state index is 0.0551. The predicted octanol–water partition coefficient (Wildman–Crippen LogP) is 5.48. The molecule has 0 bridgehead atoms. The van der Waals surface area contributed by atoms with Crippen LogP contribution in [0.25, 0.3) is 11.1 Å². The van der Waals surface area contributed by atoms with Crippen molar-refractivity contribution in [3.05, 3.63) is 60.2 Å². The fourth-order valence-corrected chi connectivity index (χ4v) is 3.54. The molecule has 0 saturated carbocycles. The zero-order valence-electron chi connectivity index (χ0n) is 16.9. The normalized spacial score (nSPS) is 14.1. The smallest absolute Gasteiger partial charge is 0.213 e. The van der Waals surface area contributed by atoms with Gasteiger partial charge < -0.3 is 9.84 Å². The second-order valence-corrected chi connectivity index (χ2v) is 9.30. The molecule has 1 unspecified atom stereocenters. The number of hydrogen-bond acceptors (Lipinski definition) is 5. The summed E-state index contributed by atoms with van der Waals surface area (Å²) in [7, 11) is 0. The Hall–Kier alpha value is -2.18. The van der Waals surface area contributed by atoms with E-state index in [1.807, 2.05) is 19.9 Å². The molecule has 1 aromatic heterocycles. The van der Waals surface area contributed by atoms with Crippen molar-refractivity contribution in [2.24, 2.45) is 4.99 Å². The molecule has 0 fully saturated rings. The van der Waals surface area contributed by atoms with E-state index in [9.17, 15) is 9.50 Å². The third-order valence-corrected chi connectivity index (χ3v) is 4.68. The highest BCUT2D eigenvalue weighted by atomic mass is 32.2. The minimum atomic E-state index is -0.848. The quantitative estimate of drug-likeness (QED) is 0.513. The van der Waals surface area contributed by atoms with Gasteiger partial charge in [0.05, 0.1) is 10.7 Å². The Balaban J connectivity index is 1.96. The van der Waals surface area contributed by atoms with Crippen molar-refractivity contribution < 1.29 is 14.2 Å². The van der Waals surface area contributed by atoms with Crippen LogP contribution in [0.4, 0.5) is 4.39 Å². The third-order valence-electron chi connectivity index (χ3n) is 3.68. The van der Waals surface area contributed by atoms with Crippen molar-refractivity contribution in [1.29, 1.82) is 0 Å². The number of aliphatic hydroxyl groups excluding tert-OH is 1. The second-order valence-electron chi connectivity index (χ2n) is 7.28. The van der Waals surface area contributed by atoms with Gasteiger partial charge in [0.25, 0.3) is 0 Å². The lowest BCUT2D eigenvalue weighted by molar-refractivity contribution is 0.131. The lowest BCUT2D eigenvalue weighted by atomic mass is 10.1. The topological polar surface area (TPSA) is 54.7 Å². The van der Waals surface area contributed by atoms with E-state index >= 15 is 0 Å². The summed E-state index contributed by atoms with van der Waals surface area (Å²) >= 11 is 1.65. The van der Waals surface area contributed by atoms with E-state index in [4.69, 9.17) is 4.74 Å². The molecule has 0 aliphatic rings. The summed E-state index contributed by atoms with van der Waals surface area (Å²) in [5, 5.41) is 11.3. The zero-order valence-corrected chi connectivity index (χ0v) is 17.8. The summed E-state index contributed by atoms with van der Waals surface area (Å²) < 4.78 is 18.7. The van der Waals surface area contributed by atoms with Crippen LogP contribution in [0, 0.1) is 5.82 Å². The summed E-state index contributed by atoms with van der Waals surface area (Å²) in [6.07, 6.45) is 2.60. The summed E-state index contributed by atoms with van der Waals surface area (Å²) in [6.45, 7) is 10.2. The molecule has 1 N–H and O–H groups in total. The van der Waals surface area contributed by atoms with Crippen molar-refractivity contribution in [2.75, 3.05) is 6.61 Å². The molecule has 28 heavy (non-hydrogen) atoms. The van der Waals surface area contributed by atoms with Crippen molar-refractivity contribution in [1.82, 2.24) is 4.98 Å². The Labute approximate surface area is 170 Å². The molecule has 1 heterocycles. The second kappa shape index (κ2) is 9.85. The van der Waals surface area contributed by atoms with Crippen molar-refractivity contribution in [2.45, 2.75) is 45.5 Å². The number of halogens is 1. The monoisotopic (exact) mass is 402 g/mol. The molecule has 0 aliphatic heterocycles. The maximum atomic E-state index is 13.0. The number of thioether (sulfide) groups is 1. The van der Waals surface area contributed by atoms with Crippen LogP contribution in [-0.4, -0.2) is 32.6 Å². The van der Waals surface area contributed by atoms with Crippen molar-refractivity contribution in [3.63, 3.8) is 0 Å². The summed E-state index contributed by atoms with van der Waals surface area (Å²) in [5.41, 5.74) is 2.30. The maximum Gasteiger partial charge on any atom is 0.213 e. The molecular formula is C22H27FN2O2S. The lowest BCUT2D eigenvalue weighted by Crippen LogP contribution is -2.20. The van der Waals surface area contributed by atoms with E-state index in [0.29, 0.717) is 11.6 Å². The molecule has 2 rings (SSSR count). The molecule has 0 spiro atoms. The molecule has 4 nitrogen and oxygen atoms in total. The molecule has 0 saturated heterocycles. The van der Waals surface area contributed by atoms with Crippen LogP contribution in [0.1, 0.15) is 34.6 Å². The number of nitrogens with zero attached hydrogens (tertiary/aromatic N) is 2. The lowest BCUT2D eigenvalue weighted by Gasteiger charge is -2.18. The third kappa shape index (κ3) is 7.09. The Morgan fingerprint density at radius 1 is 1.21 bits per heavy atom. The highest BCUT2D eigenvalue weighted by Crippen LogP contribution is 2.26. The van der Waals surface area contributed by atoms with Crippen LogP contribution in [0.2, 0.25) is 0 Å². The van der Waals surface area contributed by atoms with Crippen molar-refractivity contribution >= 4 is 16.8 Å². The van der Waals surface area contributed by atoms with Crippen LogP contribution < -0.4 is 4.74 Å². The first kappa shape index (κ1) is 22.1. The number of rotatable bonds is 6. The van der Waals surface area contributed by atoms with E-state index in [-0.39, 0.29) is 17.2 Å². The van der Waals surface area contributed by atoms with Crippen molar-refractivity contribution in [3.8, 4) is 17.0 Å². The number of benzene rings is 1. The fraction of sp³-hybridized carbons (Fsp3) is 0.364. The van der Waals surface area contributed by atoms with Gasteiger partial charge in [-0.2, -0.15) is 0 Å². The highest BCUT2D eigenvalue weighted by Gasteiger charge is 2.15. The van der Waals surface area contributed by atoms with Gasteiger partial charge in [0.1, 0.15) is 18.5 Å². The predicted molar refractivity (Wildman–Crippen MR) is 115 cm³/mol. The number of aliphatic hydroxyl groups is 1. The molecule has 150 valence electrons. The Kier molecular flexibility index (Phi) is 7.78. The van der Waals surface area contributed by atoms with Gasteiger partial charge in [0.15, 0.2) is 0 Å². The number of hydrogen-bond donors (Lipinski definition) is 1. The highest BCUT2D eigenvalue weighted by molar-refractivity contribution is 8.15. The number of ether oxygens (including phenoxy) is 1. The number of pyridine rings is 1. The van der Waals surface area contributed by atoms with Crippen LogP contribution in [0.5, 0.6) is 5.88 Å². The first-order chi connectivity index (χ1) is 13.2. The molecule has 1 aromatic carbocycles. The Morgan fingerprint density at radius 2 is 1.86 bits per heavy atom. The summed E-state index contributed by atoms with van der Waals surface area (Å²) in [6, 6.07) is 9.80.